The van der Waals surface area contributed by atoms with Crippen molar-refractivity contribution < 1.29 is 28.7 Å². The number of hydrogen-bond acceptors (Lipinski definition) is 7. The molecule has 0 radical (unpaired) electrons. The van der Waals surface area contributed by atoms with E-state index in [1.54, 1.807) is 48.5 Å². The fraction of sp³-hybridized carbons (Fsp3) is 0.189. The van der Waals surface area contributed by atoms with Gasteiger partial charge in [0.2, 0.25) is 5.91 Å². The quantitative estimate of drug-likeness (QED) is 0.158. The number of carbonyl (C=O) groups excluding carboxylic acids is 4. The second kappa shape index (κ2) is 10.9. The van der Waals surface area contributed by atoms with Crippen molar-refractivity contribution in [2.75, 3.05) is 11.9 Å². The number of hydrogen-bond donors (Lipinski definition) is 1. The van der Waals surface area contributed by atoms with E-state index in [-0.39, 0.29) is 17.5 Å². The summed E-state index contributed by atoms with van der Waals surface area (Å²) in [6.45, 7) is 3.48. The van der Waals surface area contributed by atoms with Crippen molar-refractivity contribution in [3.05, 3.63) is 131 Å². The number of amides is 1. The first-order valence-corrected chi connectivity index (χ1v) is 14.9. The minimum absolute atomic E-state index is 0.300. The summed E-state index contributed by atoms with van der Waals surface area (Å²) in [6.07, 6.45) is 3.75. The number of anilines is 1. The van der Waals surface area contributed by atoms with Crippen LogP contribution in [-0.2, 0) is 15.0 Å². The van der Waals surface area contributed by atoms with Crippen molar-refractivity contribution in [2.45, 2.75) is 31.3 Å². The maximum absolute atomic E-state index is 15.1. The molecular formula is C37H30N2O6. The Bertz CT molecular complexity index is 1900. The molecule has 4 aromatic rings. The molecule has 8 nitrogen and oxygen atoms in total. The smallest absolute Gasteiger partial charge is 0.308 e. The topological polar surface area (TPSA) is 102 Å². The minimum atomic E-state index is -1.45. The molecule has 45 heavy (non-hydrogen) atoms. The highest BCUT2D eigenvalue weighted by Crippen LogP contribution is 2.62. The zero-order valence-corrected chi connectivity index (χ0v) is 24.7. The molecule has 3 heterocycles. The third-order valence-corrected chi connectivity index (χ3v) is 8.97. The summed E-state index contributed by atoms with van der Waals surface area (Å²) in [5.74, 6) is -1.95. The summed E-state index contributed by atoms with van der Waals surface area (Å²) in [5, 5.41) is 3.06. The predicted octanol–water partition coefficient (Wildman–Crippen LogP) is 5.99. The number of carbonyl (C=O) groups is 4. The first-order chi connectivity index (χ1) is 21.9. The van der Waals surface area contributed by atoms with Gasteiger partial charge in [0.25, 0.3) is 0 Å². The van der Waals surface area contributed by atoms with Crippen LogP contribution in [0.25, 0.3) is 6.08 Å². The SMILES string of the molecule is CCOc1ccccc1C(=O)C1C(C(=O)c2ccc(OC(C)=O)cc2)N2C=Cc3ccccc3C2C12C(=O)Nc1ccccc12. The lowest BCUT2D eigenvalue weighted by molar-refractivity contribution is -0.131. The van der Waals surface area contributed by atoms with Crippen LogP contribution in [0.2, 0.25) is 0 Å². The van der Waals surface area contributed by atoms with Crippen LogP contribution in [0.4, 0.5) is 5.69 Å². The Kier molecular flexibility index (Phi) is 6.85. The lowest BCUT2D eigenvalue weighted by Gasteiger charge is -2.38. The summed E-state index contributed by atoms with van der Waals surface area (Å²) in [5.41, 5.74) is 2.22. The molecule has 0 aromatic heterocycles. The molecule has 224 valence electrons. The number of esters is 1. The van der Waals surface area contributed by atoms with E-state index in [1.807, 2.05) is 72.6 Å². The molecule has 0 bridgehead atoms. The van der Waals surface area contributed by atoms with Crippen molar-refractivity contribution in [1.82, 2.24) is 4.90 Å². The van der Waals surface area contributed by atoms with Crippen LogP contribution in [0.5, 0.6) is 11.5 Å². The Morgan fingerprint density at radius 1 is 0.867 bits per heavy atom. The van der Waals surface area contributed by atoms with Gasteiger partial charge in [0, 0.05) is 24.4 Å². The molecule has 3 aliphatic heterocycles. The Balaban J connectivity index is 1.49. The van der Waals surface area contributed by atoms with Gasteiger partial charge in [-0.25, -0.2) is 0 Å². The largest absolute Gasteiger partial charge is 0.493 e. The highest BCUT2D eigenvalue weighted by atomic mass is 16.5. The van der Waals surface area contributed by atoms with Gasteiger partial charge in [-0.2, -0.15) is 0 Å². The molecule has 3 aliphatic rings. The molecule has 7 rings (SSSR count). The zero-order chi connectivity index (χ0) is 31.3. The van der Waals surface area contributed by atoms with Crippen LogP contribution in [-0.4, -0.2) is 41.0 Å². The number of Topliss-reactive ketones (excluding diaryl/α,β-unsaturated/α-hetero) is 2. The number of nitrogens with one attached hydrogen (secondary N) is 1. The fourth-order valence-electron chi connectivity index (χ4n) is 7.31. The number of rotatable bonds is 7. The number of nitrogens with zero attached hydrogens (tertiary/aromatic N) is 1. The third-order valence-electron chi connectivity index (χ3n) is 8.97. The van der Waals surface area contributed by atoms with Crippen LogP contribution in [0.3, 0.4) is 0 Å². The number of ketones is 2. The average Bonchev–Trinajstić information content (AvgIpc) is 3.53. The van der Waals surface area contributed by atoms with Gasteiger partial charge in [0.05, 0.1) is 24.1 Å². The van der Waals surface area contributed by atoms with Gasteiger partial charge in [0.15, 0.2) is 11.6 Å². The summed E-state index contributed by atoms with van der Waals surface area (Å²) in [7, 11) is 0. The van der Waals surface area contributed by atoms with Gasteiger partial charge < -0.3 is 19.7 Å². The second-order valence-electron chi connectivity index (χ2n) is 11.4. The fourth-order valence-corrected chi connectivity index (χ4v) is 7.31. The molecule has 4 atom stereocenters. The zero-order valence-electron chi connectivity index (χ0n) is 24.7. The van der Waals surface area contributed by atoms with Gasteiger partial charge >= 0.3 is 5.97 Å². The molecule has 0 aliphatic carbocycles. The van der Waals surface area contributed by atoms with Gasteiger partial charge in [-0.3, -0.25) is 19.2 Å². The number of ether oxygens (including phenoxy) is 2. The molecule has 1 spiro atoms. The minimum Gasteiger partial charge on any atom is -0.493 e. The maximum atomic E-state index is 15.1. The standard InChI is InChI=1S/C37H30N2O6/c1-3-44-30-15-9-6-12-27(30)34(42)31-32(33(41)24-16-18-25(19-17-24)45-22(2)40)39-21-20-23-10-4-5-11-26(23)35(39)37(31)28-13-7-8-14-29(28)38-36(37)43/h4-21,31-32,35H,3H2,1-2H3,(H,38,43). The average molecular weight is 599 g/mol. The van der Waals surface area contributed by atoms with E-state index < -0.39 is 29.4 Å². The molecule has 4 unspecified atom stereocenters. The number of fused-ring (bicyclic) bond motifs is 6. The van der Waals surface area contributed by atoms with Crippen molar-refractivity contribution in [3.63, 3.8) is 0 Å². The van der Waals surface area contributed by atoms with Crippen molar-refractivity contribution in [1.29, 1.82) is 0 Å². The monoisotopic (exact) mass is 598 g/mol. The normalized spacial score (nSPS) is 22.3. The summed E-state index contributed by atoms with van der Waals surface area (Å²) in [6, 6.07) is 26.7. The Morgan fingerprint density at radius 3 is 2.36 bits per heavy atom. The summed E-state index contributed by atoms with van der Waals surface area (Å²) >= 11 is 0. The lowest BCUT2D eigenvalue weighted by Crippen LogP contribution is -2.49. The van der Waals surface area contributed by atoms with E-state index in [9.17, 15) is 14.4 Å². The molecule has 1 saturated heterocycles. The molecular weight excluding hydrogens is 568 g/mol. The van der Waals surface area contributed by atoms with E-state index in [0.29, 0.717) is 40.5 Å². The van der Waals surface area contributed by atoms with Gasteiger partial charge in [0.1, 0.15) is 23.0 Å². The summed E-state index contributed by atoms with van der Waals surface area (Å²) in [4.78, 5) is 57.9. The lowest BCUT2D eigenvalue weighted by atomic mass is 9.62. The van der Waals surface area contributed by atoms with Crippen molar-refractivity contribution in [2.24, 2.45) is 5.92 Å². The first kappa shape index (κ1) is 28.3. The maximum Gasteiger partial charge on any atom is 0.308 e. The molecule has 8 heteroatoms. The van der Waals surface area contributed by atoms with Gasteiger partial charge in [-0.1, -0.05) is 54.6 Å². The molecule has 1 amide bonds. The third kappa shape index (κ3) is 4.28. The number of para-hydroxylation sites is 2. The van der Waals surface area contributed by atoms with Crippen LogP contribution >= 0.6 is 0 Å². The van der Waals surface area contributed by atoms with E-state index in [1.165, 1.54) is 6.92 Å². The van der Waals surface area contributed by atoms with E-state index in [4.69, 9.17) is 9.47 Å². The molecule has 0 saturated carbocycles. The predicted molar refractivity (Wildman–Crippen MR) is 168 cm³/mol. The summed E-state index contributed by atoms with van der Waals surface area (Å²) < 4.78 is 11.1. The Morgan fingerprint density at radius 2 is 1.58 bits per heavy atom. The van der Waals surface area contributed by atoms with Crippen LogP contribution in [0.1, 0.15) is 57.3 Å². The van der Waals surface area contributed by atoms with E-state index in [0.717, 1.165) is 11.1 Å². The van der Waals surface area contributed by atoms with Crippen LogP contribution in [0.15, 0.2) is 103 Å². The van der Waals surface area contributed by atoms with Crippen LogP contribution < -0.4 is 14.8 Å². The van der Waals surface area contributed by atoms with Gasteiger partial charge in [-0.05, 0) is 72.2 Å². The second-order valence-corrected chi connectivity index (χ2v) is 11.4. The van der Waals surface area contributed by atoms with Crippen molar-refractivity contribution >= 4 is 35.2 Å². The molecule has 1 fully saturated rings. The highest BCUT2D eigenvalue weighted by molar-refractivity contribution is 6.17. The molecule has 1 N–H and O–H groups in total. The Hall–Kier alpha value is -5.50. The highest BCUT2D eigenvalue weighted by Gasteiger charge is 2.70. The van der Waals surface area contributed by atoms with E-state index >= 15 is 4.79 Å². The van der Waals surface area contributed by atoms with E-state index in [2.05, 4.69) is 5.32 Å². The Labute approximate surface area is 260 Å². The van der Waals surface area contributed by atoms with Crippen LogP contribution in [0, 0.1) is 5.92 Å². The first-order valence-electron chi connectivity index (χ1n) is 14.9. The van der Waals surface area contributed by atoms with Gasteiger partial charge in [-0.15, -0.1) is 0 Å². The number of benzene rings is 4. The van der Waals surface area contributed by atoms with Crippen molar-refractivity contribution in [3.8, 4) is 11.5 Å². The molecule has 4 aromatic carbocycles.